The summed E-state index contributed by atoms with van der Waals surface area (Å²) in [6, 6.07) is 8.31. The van der Waals surface area contributed by atoms with E-state index in [0.717, 1.165) is 23.2 Å². The van der Waals surface area contributed by atoms with Gasteiger partial charge in [0.15, 0.2) is 5.78 Å². The molecule has 0 radical (unpaired) electrons. The Bertz CT molecular complexity index is 838. The van der Waals surface area contributed by atoms with Gasteiger partial charge in [-0.15, -0.1) is 11.3 Å². The van der Waals surface area contributed by atoms with E-state index in [1.807, 2.05) is 17.5 Å². The van der Waals surface area contributed by atoms with Crippen LogP contribution in [0.4, 0.5) is 18.9 Å². The summed E-state index contributed by atoms with van der Waals surface area (Å²) in [4.78, 5) is 17.2. The smallest absolute Gasteiger partial charge is 0.416 e. The molecule has 0 saturated heterocycles. The van der Waals surface area contributed by atoms with Gasteiger partial charge in [-0.1, -0.05) is 12.1 Å². The number of aliphatic hydroxyl groups is 1. The van der Waals surface area contributed by atoms with Gasteiger partial charge < -0.3 is 5.11 Å². The minimum atomic E-state index is -4.46. The molecule has 2 aromatic rings. The molecule has 0 bridgehead atoms. The number of allylic oxidation sites excluding steroid dienone is 2. The average Bonchev–Trinajstić information content (AvgIpc) is 3.08. The van der Waals surface area contributed by atoms with Crippen molar-refractivity contribution in [3.8, 4) is 0 Å². The molecule has 0 saturated carbocycles. The van der Waals surface area contributed by atoms with Crippen LogP contribution in [0.2, 0.25) is 0 Å². The molecule has 1 heterocycles. The molecular formula is C18H14F3NO2S. The third kappa shape index (κ3) is 3.99. The highest BCUT2D eigenvalue weighted by atomic mass is 32.1. The lowest BCUT2D eigenvalue weighted by Crippen LogP contribution is -2.18. The maximum Gasteiger partial charge on any atom is 0.416 e. The van der Waals surface area contributed by atoms with Crippen LogP contribution < -0.4 is 0 Å². The summed E-state index contributed by atoms with van der Waals surface area (Å²) >= 11 is 1.52. The summed E-state index contributed by atoms with van der Waals surface area (Å²) in [6.07, 6.45) is -2.75. The number of aliphatic hydroxyl groups excluding tert-OH is 1. The second-order valence-corrected chi connectivity index (χ2v) is 6.69. The number of benzene rings is 1. The number of alkyl halides is 3. The number of nitrogens with zero attached hydrogens (tertiary/aromatic N) is 1. The molecule has 1 aromatic heterocycles. The average molecular weight is 365 g/mol. The number of thiophene rings is 1. The van der Waals surface area contributed by atoms with Crippen LogP contribution in [-0.4, -0.2) is 17.1 Å². The zero-order chi connectivity index (χ0) is 18.0. The van der Waals surface area contributed by atoms with Crippen LogP contribution in [0.1, 0.15) is 29.2 Å². The fourth-order valence-electron chi connectivity index (χ4n) is 2.68. The minimum Gasteiger partial charge on any atom is -0.511 e. The van der Waals surface area contributed by atoms with Crippen molar-refractivity contribution in [2.24, 2.45) is 4.99 Å². The summed E-state index contributed by atoms with van der Waals surface area (Å²) in [5, 5.41) is 12.1. The molecule has 25 heavy (non-hydrogen) atoms. The number of rotatable bonds is 3. The second kappa shape index (κ2) is 6.84. The molecule has 130 valence electrons. The Morgan fingerprint density at radius 2 is 2.00 bits per heavy atom. The summed E-state index contributed by atoms with van der Waals surface area (Å²) < 4.78 is 38.1. The first kappa shape index (κ1) is 17.4. The Kier molecular flexibility index (Phi) is 4.76. The summed E-state index contributed by atoms with van der Waals surface area (Å²) in [7, 11) is 0. The van der Waals surface area contributed by atoms with Gasteiger partial charge >= 0.3 is 6.18 Å². The first-order valence-corrected chi connectivity index (χ1v) is 8.42. The molecule has 1 N–H and O–H groups in total. The number of ketones is 1. The first-order valence-electron chi connectivity index (χ1n) is 7.54. The van der Waals surface area contributed by atoms with Gasteiger partial charge in [-0.25, -0.2) is 0 Å². The van der Waals surface area contributed by atoms with Crippen LogP contribution in [0.3, 0.4) is 0 Å². The van der Waals surface area contributed by atoms with Crippen LogP contribution >= 0.6 is 11.3 Å². The van der Waals surface area contributed by atoms with Crippen LogP contribution in [0, 0.1) is 0 Å². The molecular weight excluding hydrogens is 351 g/mol. The van der Waals surface area contributed by atoms with Gasteiger partial charge in [-0.05, 0) is 29.6 Å². The van der Waals surface area contributed by atoms with Gasteiger partial charge in [0.1, 0.15) is 5.76 Å². The molecule has 1 unspecified atom stereocenters. The van der Waals surface area contributed by atoms with Gasteiger partial charge in [0, 0.05) is 29.9 Å². The monoisotopic (exact) mass is 365 g/mol. The van der Waals surface area contributed by atoms with E-state index in [1.54, 1.807) is 0 Å². The fourth-order valence-corrected chi connectivity index (χ4v) is 3.51. The number of carbonyl (C=O) groups is 1. The van der Waals surface area contributed by atoms with Gasteiger partial charge in [0.05, 0.1) is 16.8 Å². The van der Waals surface area contributed by atoms with E-state index in [1.165, 1.54) is 23.5 Å². The standard InChI is InChI=1S/C18H14F3NO2S/c19-18(20,21)12-3-1-4-13(9-12)22-10-14-15(23)7-11(8-16(14)24)17-5-2-6-25-17/h1-6,9-11,23H,7-8H2. The molecule has 0 fully saturated rings. The Morgan fingerprint density at radius 3 is 2.64 bits per heavy atom. The number of carbonyl (C=O) groups excluding carboxylic acids is 1. The lowest BCUT2D eigenvalue weighted by atomic mass is 9.86. The number of hydrogen-bond donors (Lipinski definition) is 1. The largest absolute Gasteiger partial charge is 0.511 e. The van der Waals surface area contributed by atoms with Crippen molar-refractivity contribution in [1.29, 1.82) is 0 Å². The Hall–Kier alpha value is -2.41. The lowest BCUT2D eigenvalue weighted by Gasteiger charge is -2.20. The van der Waals surface area contributed by atoms with Crippen molar-refractivity contribution in [3.05, 3.63) is 63.6 Å². The van der Waals surface area contributed by atoms with E-state index in [4.69, 9.17) is 0 Å². The van der Waals surface area contributed by atoms with E-state index in [9.17, 15) is 23.1 Å². The zero-order valence-electron chi connectivity index (χ0n) is 13.0. The molecule has 0 aliphatic heterocycles. The summed E-state index contributed by atoms with van der Waals surface area (Å²) in [5.74, 6) is -0.415. The molecule has 1 aliphatic rings. The quantitative estimate of drug-likeness (QED) is 0.738. The lowest BCUT2D eigenvalue weighted by molar-refractivity contribution is -0.137. The number of aliphatic imine (C=N–C) groups is 1. The van der Waals surface area contributed by atoms with Crippen molar-refractivity contribution < 1.29 is 23.1 Å². The van der Waals surface area contributed by atoms with Crippen molar-refractivity contribution in [1.82, 2.24) is 0 Å². The molecule has 0 amide bonds. The van der Waals surface area contributed by atoms with Crippen molar-refractivity contribution >= 4 is 29.0 Å². The van der Waals surface area contributed by atoms with Crippen LogP contribution in [0.25, 0.3) is 0 Å². The second-order valence-electron chi connectivity index (χ2n) is 5.71. The van der Waals surface area contributed by atoms with Gasteiger partial charge in [0.25, 0.3) is 0 Å². The number of Topliss-reactive ketones (excluding diaryl/α,β-unsaturated/α-hetero) is 1. The van der Waals surface area contributed by atoms with E-state index >= 15 is 0 Å². The molecule has 1 atom stereocenters. The van der Waals surface area contributed by atoms with Crippen molar-refractivity contribution in [3.63, 3.8) is 0 Å². The normalized spacial score (nSPS) is 19.0. The molecule has 3 nitrogen and oxygen atoms in total. The topological polar surface area (TPSA) is 49.7 Å². The zero-order valence-corrected chi connectivity index (χ0v) is 13.8. The molecule has 1 aromatic carbocycles. The van der Waals surface area contributed by atoms with Crippen LogP contribution in [0.15, 0.2) is 58.1 Å². The molecule has 0 spiro atoms. The van der Waals surface area contributed by atoms with Crippen LogP contribution in [-0.2, 0) is 11.0 Å². The first-order chi connectivity index (χ1) is 11.8. The summed E-state index contributed by atoms with van der Waals surface area (Å²) in [5.41, 5.74) is -0.679. The highest BCUT2D eigenvalue weighted by molar-refractivity contribution is 7.10. The number of halogens is 3. The van der Waals surface area contributed by atoms with E-state index in [-0.39, 0.29) is 35.1 Å². The summed E-state index contributed by atoms with van der Waals surface area (Å²) in [6.45, 7) is 0. The highest BCUT2D eigenvalue weighted by Crippen LogP contribution is 2.35. The van der Waals surface area contributed by atoms with E-state index in [2.05, 4.69) is 4.99 Å². The third-order valence-corrected chi connectivity index (χ3v) is 4.98. The number of hydrogen-bond acceptors (Lipinski definition) is 4. The Labute approximate surface area is 146 Å². The molecule has 1 aliphatic carbocycles. The van der Waals surface area contributed by atoms with E-state index in [0.29, 0.717) is 6.42 Å². The van der Waals surface area contributed by atoms with E-state index < -0.39 is 11.7 Å². The third-order valence-electron chi connectivity index (χ3n) is 3.94. The highest BCUT2D eigenvalue weighted by Gasteiger charge is 2.31. The maximum absolute atomic E-state index is 12.7. The van der Waals surface area contributed by atoms with Crippen LogP contribution in [0.5, 0.6) is 0 Å². The predicted octanol–water partition coefficient (Wildman–Crippen LogP) is 5.43. The minimum absolute atomic E-state index is 0.0604. The van der Waals surface area contributed by atoms with Gasteiger partial charge in [0.2, 0.25) is 0 Å². The predicted molar refractivity (Wildman–Crippen MR) is 90.6 cm³/mol. The Morgan fingerprint density at radius 1 is 1.20 bits per heavy atom. The SMILES string of the molecule is O=C1CC(c2cccs2)CC(O)=C1C=Nc1cccc(C(F)(F)F)c1. The molecule has 3 rings (SSSR count). The Balaban J connectivity index is 1.81. The van der Waals surface area contributed by atoms with Gasteiger partial charge in [-0.3, -0.25) is 9.79 Å². The molecule has 7 heteroatoms. The fraction of sp³-hybridized carbons (Fsp3) is 0.222. The maximum atomic E-state index is 12.7. The van der Waals surface area contributed by atoms with Crippen molar-refractivity contribution in [2.75, 3.05) is 0 Å². The van der Waals surface area contributed by atoms with Gasteiger partial charge in [-0.2, -0.15) is 13.2 Å². The van der Waals surface area contributed by atoms with Crippen molar-refractivity contribution in [2.45, 2.75) is 24.9 Å².